The zero-order valence-corrected chi connectivity index (χ0v) is 9.04. The van der Waals surface area contributed by atoms with E-state index in [0.29, 0.717) is 0 Å². The van der Waals surface area contributed by atoms with Crippen molar-refractivity contribution in [3.63, 3.8) is 0 Å². The summed E-state index contributed by atoms with van der Waals surface area (Å²) >= 11 is 0. The lowest BCUT2D eigenvalue weighted by atomic mass is 10.2. The minimum absolute atomic E-state index is 0. The molecule has 13 heavy (non-hydrogen) atoms. The van der Waals surface area contributed by atoms with Crippen molar-refractivity contribution >= 4 is 5.69 Å². The van der Waals surface area contributed by atoms with Gasteiger partial charge in [0, 0.05) is 0 Å². The molecule has 0 aliphatic carbocycles. The number of rotatable bonds is 2. The zero-order chi connectivity index (χ0) is 9.19. The van der Waals surface area contributed by atoms with Crippen molar-refractivity contribution in [1.82, 2.24) is 4.48 Å². The van der Waals surface area contributed by atoms with Gasteiger partial charge in [-0.15, -0.1) is 0 Å². The predicted molar refractivity (Wildman–Crippen MR) is 51.9 cm³/mol. The fourth-order valence-electron chi connectivity index (χ4n) is 1.05. The lowest BCUT2D eigenvalue weighted by Gasteiger charge is -2.23. The van der Waals surface area contributed by atoms with E-state index in [1.165, 1.54) is 5.69 Å². The van der Waals surface area contributed by atoms with Crippen molar-refractivity contribution in [3.05, 3.63) is 29.8 Å². The summed E-state index contributed by atoms with van der Waals surface area (Å²) in [6.07, 6.45) is 0. The van der Waals surface area contributed by atoms with Crippen molar-refractivity contribution in [3.8, 4) is 0 Å². The molecular formula is C10H16ClNO. The minimum atomic E-state index is 0. The van der Waals surface area contributed by atoms with E-state index in [4.69, 9.17) is 5.11 Å². The van der Waals surface area contributed by atoms with Crippen LogP contribution in [0, 0.1) is 0 Å². The Labute approximate surface area is 85.8 Å². The molecule has 0 fully saturated rings. The Balaban J connectivity index is 0.00000144. The largest absolute Gasteiger partial charge is 1.00 e. The Kier molecular flexibility index (Phi) is 4.40. The molecule has 1 aromatic rings. The molecule has 74 valence electrons. The number of nitrogens with zero attached hydrogens (tertiary/aromatic N) is 1. The Bertz CT molecular complexity index is 251. The van der Waals surface area contributed by atoms with Gasteiger partial charge >= 0.3 is 0 Å². The quantitative estimate of drug-likeness (QED) is 0.571. The smallest absolute Gasteiger partial charge is 0.132 e. The molecule has 0 radical (unpaired) electrons. The Morgan fingerprint density at radius 2 is 1.54 bits per heavy atom. The average Bonchev–Trinajstić information content (AvgIpc) is 2.03. The van der Waals surface area contributed by atoms with E-state index < -0.39 is 0 Å². The molecule has 0 amide bonds. The first-order chi connectivity index (χ1) is 5.54. The minimum Gasteiger partial charge on any atom is -1.00 e. The van der Waals surface area contributed by atoms with Crippen LogP contribution in [0.5, 0.6) is 0 Å². The number of aliphatic hydroxyl groups excluding tert-OH is 1. The maximum absolute atomic E-state index is 8.83. The van der Waals surface area contributed by atoms with Gasteiger partial charge in [-0.25, -0.2) is 0 Å². The summed E-state index contributed by atoms with van der Waals surface area (Å²) < 4.78 is 0.811. The summed E-state index contributed by atoms with van der Waals surface area (Å²) in [6, 6.07) is 8.01. The second-order valence-electron chi connectivity index (χ2n) is 3.84. The van der Waals surface area contributed by atoms with Crippen LogP contribution in [0.1, 0.15) is 5.56 Å². The predicted octanol–water partition coefficient (Wildman–Crippen LogP) is -1.62. The number of aliphatic hydroxyl groups is 1. The molecule has 1 rings (SSSR count). The Hall–Kier alpha value is -0.570. The SMILES string of the molecule is C[N+](C)(C)c1ccc(CO)cc1.[Cl-]. The van der Waals surface area contributed by atoms with E-state index in [1.807, 2.05) is 24.3 Å². The molecule has 0 saturated heterocycles. The number of hydrogen-bond acceptors (Lipinski definition) is 1. The maximum atomic E-state index is 8.83. The summed E-state index contributed by atoms with van der Waals surface area (Å²) in [5, 5.41) is 8.83. The first kappa shape index (κ1) is 12.4. The molecule has 0 bridgehead atoms. The fraction of sp³-hybridized carbons (Fsp3) is 0.400. The zero-order valence-electron chi connectivity index (χ0n) is 8.29. The van der Waals surface area contributed by atoms with Gasteiger partial charge in [0.05, 0.1) is 27.7 Å². The molecule has 0 spiro atoms. The second-order valence-corrected chi connectivity index (χ2v) is 3.84. The highest BCUT2D eigenvalue weighted by atomic mass is 35.5. The van der Waals surface area contributed by atoms with Gasteiger partial charge < -0.3 is 17.5 Å². The summed E-state index contributed by atoms with van der Waals surface area (Å²) in [6.45, 7) is 0.122. The molecule has 0 aromatic heterocycles. The number of halogens is 1. The molecule has 0 unspecified atom stereocenters. The van der Waals surface area contributed by atoms with Crippen LogP contribution >= 0.6 is 0 Å². The third-order valence-electron chi connectivity index (χ3n) is 1.89. The first-order valence-corrected chi connectivity index (χ1v) is 4.06. The fourth-order valence-corrected chi connectivity index (χ4v) is 1.05. The average molecular weight is 202 g/mol. The van der Waals surface area contributed by atoms with E-state index >= 15 is 0 Å². The monoisotopic (exact) mass is 201 g/mol. The van der Waals surface area contributed by atoms with Gasteiger partial charge in [0.2, 0.25) is 0 Å². The van der Waals surface area contributed by atoms with Gasteiger partial charge in [0.25, 0.3) is 0 Å². The van der Waals surface area contributed by atoms with Crippen LogP contribution in [-0.4, -0.2) is 26.2 Å². The summed E-state index contributed by atoms with van der Waals surface area (Å²) in [4.78, 5) is 0. The summed E-state index contributed by atoms with van der Waals surface area (Å²) in [5.41, 5.74) is 2.21. The summed E-state index contributed by atoms with van der Waals surface area (Å²) in [7, 11) is 6.36. The molecule has 1 aromatic carbocycles. The molecule has 0 saturated carbocycles. The van der Waals surface area contributed by atoms with Crippen LogP contribution in [-0.2, 0) is 6.61 Å². The number of hydrogen-bond donors (Lipinski definition) is 1. The third-order valence-corrected chi connectivity index (χ3v) is 1.89. The number of benzene rings is 1. The molecule has 2 nitrogen and oxygen atoms in total. The highest BCUT2D eigenvalue weighted by molar-refractivity contribution is 5.42. The van der Waals surface area contributed by atoms with Gasteiger partial charge in [-0.3, -0.25) is 4.48 Å². The maximum Gasteiger partial charge on any atom is 0.132 e. The molecule has 3 heteroatoms. The number of quaternary nitrogens is 1. The second kappa shape index (κ2) is 4.61. The molecule has 1 N–H and O–H groups in total. The van der Waals surface area contributed by atoms with E-state index in [9.17, 15) is 0 Å². The van der Waals surface area contributed by atoms with E-state index in [-0.39, 0.29) is 19.0 Å². The molecule has 0 heterocycles. The van der Waals surface area contributed by atoms with Gasteiger partial charge in [0.15, 0.2) is 0 Å². The van der Waals surface area contributed by atoms with Crippen LogP contribution < -0.4 is 16.9 Å². The van der Waals surface area contributed by atoms with Crippen LogP contribution in [0.3, 0.4) is 0 Å². The lowest BCUT2D eigenvalue weighted by molar-refractivity contribution is -0.00000372. The van der Waals surface area contributed by atoms with Crippen LogP contribution in [0.4, 0.5) is 5.69 Å². The van der Waals surface area contributed by atoms with Crippen molar-refractivity contribution < 1.29 is 17.5 Å². The topological polar surface area (TPSA) is 20.2 Å². The van der Waals surface area contributed by atoms with Gasteiger partial charge in [0.1, 0.15) is 5.69 Å². The Morgan fingerprint density at radius 1 is 1.08 bits per heavy atom. The van der Waals surface area contributed by atoms with Crippen LogP contribution in [0.2, 0.25) is 0 Å². The van der Waals surface area contributed by atoms with Crippen molar-refractivity contribution in [1.29, 1.82) is 0 Å². The van der Waals surface area contributed by atoms with Crippen LogP contribution in [0.15, 0.2) is 24.3 Å². The van der Waals surface area contributed by atoms with Crippen molar-refractivity contribution in [2.45, 2.75) is 6.61 Å². The van der Waals surface area contributed by atoms with Crippen LogP contribution in [0.25, 0.3) is 0 Å². The first-order valence-electron chi connectivity index (χ1n) is 4.06. The van der Waals surface area contributed by atoms with Gasteiger partial charge in [-0.05, 0) is 17.7 Å². The van der Waals surface area contributed by atoms with Gasteiger partial charge in [-0.2, -0.15) is 0 Å². The van der Waals surface area contributed by atoms with Crippen molar-refractivity contribution in [2.24, 2.45) is 0 Å². The third kappa shape index (κ3) is 3.35. The molecule has 0 aliphatic rings. The van der Waals surface area contributed by atoms with E-state index in [2.05, 4.69) is 21.1 Å². The molecule has 0 aliphatic heterocycles. The summed E-state index contributed by atoms with van der Waals surface area (Å²) in [5.74, 6) is 0. The highest BCUT2D eigenvalue weighted by Gasteiger charge is 2.10. The van der Waals surface area contributed by atoms with E-state index in [0.717, 1.165) is 10.0 Å². The van der Waals surface area contributed by atoms with E-state index in [1.54, 1.807) is 0 Å². The normalized spacial score (nSPS) is 10.8. The highest BCUT2D eigenvalue weighted by Crippen LogP contribution is 2.16. The van der Waals surface area contributed by atoms with Gasteiger partial charge in [-0.1, -0.05) is 12.1 Å². The van der Waals surface area contributed by atoms with Crippen molar-refractivity contribution in [2.75, 3.05) is 21.1 Å². The molecule has 0 atom stereocenters. The Morgan fingerprint density at radius 3 is 1.85 bits per heavy atom. The standard InChI is InChI=1S/C10H16NO.ClH/c1-11(2,3)10-6-4-9(8-12)5-7-10;/h4-7,12H,8H2,1-3H3;1H/q+1;/p-1. The lowest BCUT2D eigenvalue weighted by Crippen LogP contribution is -3.00. The molecular weight excluding hydrogens is 186 g/mol.